The van der Waals surface area contributed by atoms with Crippen molar-refractivity contribution in [2.75, 3.05) is 13.1 Å². The summed E-state index contributed by atoms with van der Waals surface area (Å²) < 4.78 is 7.33. The summed E-state index contributed by atoms with van der Waals surface area (Å²) in [4.78, 5) is 19.8. The molecular formula is C21H22N6O2. The Morgan fingerprint density at radius 1 is 1.14 bits per heavy atom. The van der Waals surface area contributed by atoms with E-state index in [0.717, 1.165) is 42.8 Å². The van der Waals surface area contributed by atoms with E-state index in [1.165, 1.54) is 5.56 Å². The maximum atomic E-state index is 12.4. The largest absolute Gasteiger partial charge is 0.333 e. The summed E-state index contributed by atoms with van der Waals surface area (Å²) in [5, 5.41) is 12.0. The van der Waals surface area contributed by atoms with E-state index in [0.29, 0.717) is 28.8 Å². The Morgan fingerprint density at radius 2 is 1.97 bits per heavy atom. The number of fused-ring (bicyclic) bond motifs is 1. The highest BCUT2D eigenvalue weighted by molar-refractivity contribution is 5.72. The van der Waals surface area contributed by atoms with Gasteiger partial charge in [-0.1, -0.05) is 28.9 Å². The molecule has 1 aliphatic heterocycles. The summed E-state index contributed by atoms with van der Waals surface area (Å²) in [5.74, 6) is 1.16. The van der Waals surface area contributed by atoms with E-state index in [-0.39, 0.29) is 5.56 Å². The standard InChI is InChI=1S/C21H22N6O2/c1-12-3-4-15(13(2)9-12)19-25-21(29-26-19)16-11-23-27-17(10-18(28)24-20(16)27)14-5-7-22-8-6-14/h3-4,9-11,14,22H,5-8H2,1-2H3,(H,24,28). The Hall–Kier alpha value is -3.26. The number of hydrogen-bond acceptors (Lipinski definition) is 6. The molecule has 5 rings (SSSR count). The zero-order chi connectivity index (χ0) is 20.0. The normalized spacial score (nSPS) is 15.2. The van der Waals surface area contributed by atoms with Crippen LogP contribution in [0.1, 0.15) is 35.6 Å². The van der Waals surface area contributed by atoms with Gasteiger partial charge in [-0.2, -0.15) is 10.1 Å². The van der Waals surface area contributed by atoms with E-state index in [2.05, 4.69) is 31.6 Å². The number of hydrogen-bond donors (Lipinski definition) is 2. The highest BCUT2D eigenvalue weighted by Gasteiger charge is 2.23. The van der Waals surface area contributed by atoms with Crippen LogP contribution in [0.3, 0.4) is 0 Å². The highest BCUT2D eigenvalue weighted by Crippen LogP contribution is 2.29. The molecule has 0 atom stereocenters. The van der Waals surface area contributed by atoms with Gasteiger partial charge in [-0.25, -0.2) is 4.52 Å². The molecule has 1 aromatic carbocycles. The molecule has 4 aromatic rings. The summed E-state index contributed by atoms with van der Waals surface area (Å²) in [6.45, 7) is 5.95. The van der Waals surface area contributed by atoms with Gasteiger partial charge >= 0.3 is 0 Å². The van der Waals surface area contributed by atoms with Crippen molar-refractivity contribution in [2.24, 2.45) is 0 Å². The Morgan fingerprint density at radius 3 is 2.76 bits per heavy atom. The van der Waals surface area contributed by atoms with E-state index < -0.39 is 0 Å². The van der Waals surface area contributed by atoms with Crippen LogP contribution in [0.25, 0.3) is 28.5 Å². The van der Waals surface area contributed by atoms with Crippen LogP contribution in [-0.4, -0.2) is 37.8 Å². The average molecular weight is 390 g/mol. The smallest absolute Gasteiger partial charge is 0.263 e. The zero-order valence-corrected chi connectivity index (χ0v) is 16.4. The average Bonchev–Trinajstić information content (AvgIpc) is 3.35. The van der Waals surface area contributed by atoms with Crippen LogP contribution in [-0.2, 0) is 0 Å². The van der Waals surface area contributed by atoms with Crippen molar-refractivity contribution < 1.29 is 4.52 Å². The highest BCUT2D eigenvalue weighted by atomic mass is 16.5. The third-order valence-electron chi connectivity index (χ3n) is 5.57. The molecular weight excluding hydrogens is 368 g/mol. The van der Waals surface area contributed by atoms with Crippen molar-refractivity contribution in [1.82, 2.24) is 30.1 Å². The Balaban J connectivity index is 1.59. The van der Waals surface area contributed by atoms with E-state index in [1.807, 2.05) is 26.0 Å². The minimum absolute atomic E-state index is 0.151. The first kappa shape index (κ1) is 17.8. The minimum Gasteiger partial charge on any atom is -0.333 e. The monoisotopic (exact) mass is 390 g/mol. The predicted molar refractivity (Wildman–Crippen MR) is 109 cm³/mol. The van der Waals surface area contributed by atoms with Crippen LogP contribution < -0.4 is 10.9 Å². The van der Waals surface area contributed by atoms with Gasteiger partial charge in [0.2, 0.25) is 5.82 Å². The van der Waals surface area contributed by atoms with Crippen LogP contribution in [0.4, 0.5) is 0 Å². The molecule has 8 heteroatoms. The molecule has 4 heterocycles. The third kappa shape index (κ3) is 3.15. The van der Waals surface area contributed by atoms with Crippen LogP contribution in [0.5, 0.6) is 0 Å². The zero-order valence-electron chi connectivity index (χ0n) is 16.4. The molecule has 1 aliphatic rings. The molecule has 1 fully saturated rings. The molecule has 1 saturated heterocycles. The van der Waals surface area contributed by atoms with Crippen LogP contribution >= 0.6 is 0 Å². The molecule has 0 bridgehead atoms. The minimum atomic E-state index is -0.151. The predicted octanol–water partition coefficient (Wildman–Crippen LogP) is 2.82. The maximum absolute atomic E-state index is 12.4. The molecule has 0 radical (unpaired) electrons. The molecule has 8 nitrogen and oxygen atoms in total. The Kier molecular flexibility index (Phi) is 4.28. The number of aromatic nitrogens is 5. The van der Waals surface area contributed by atoms with Gasteiger partial charge in [-0.05, 0) is 45.3 Å². The van der Waals surface area contributed by atoms with Gasteiger partial charge < -0.3 is 14.8 Å². The van der Waals surface area contributed by atoms with Gasteiger partial charge in [0.15, 0.2) is 0 Å². The second-order valence-electron chi connectivity index (χ2n) is 7.64. The summed E-state index contributed by atoms with van der Waals surface area (Å²) >= 11 is 0. The van der Waals surface area contributed by atoms with E-state index in [4.69, 9.17) is 4.52 Å². The van der Waals surface area contributed by atoms with Crippen LogP contribution in [0.15, 0.2) is 39.8 Å². The van der Waals surface area contributed by atoms with Gasteiger partial charge in [-0.15, -0.1) is 0 Å². The lowest BCUT2D eigenvalue weighted by Gasteiger charge is -2.23. The fourth-order valence-corrected chi connectivity index (χ4v) is 4.08. The van der Waals surface area contributed by atoms with Gasteiger partial charge in [0.05, 0.1) is 11.9 Å². The topological polar surface area (TPSA) is 101 Å². The van der Waals surface area contributed by atoms with Crippen molar-refractivity contribution >= 4 is 5.65 Å². The second kappa shape index (κ2) is 6.97. The molecule has 29 heavy (non-hydrogen) atoms. The van der Waals surface area contributed by atoms with Crippen LogP contribution in [0.2, 0.25) is 0 Å². The van der Waals surface area contributed by atoms with E-state index in [9.17, 15) is 4.79 Å². The number of nitrogens with zero attached hydrogens (tertiary/aromatic N) is 4. The molecule has 0 amide bonds. The van der Waals surface area contributed by atoms with E-state index in [1.54, 1.807) is 16.8 Å². The van der Waals surface area contributed by atoms with Crippen molar-refractivity contribution in [3.8, 4) is 22.8 Å². The fraction of sp³-hybridized carbons (Fsp3) is 0.333. The second-order valence-corrected chi connectivity index (χ2v) is 7.64. The first-order valence-electron chi connectivity index (χ1n) is 9.83. The molecule has 0 saturated carbocycles. The number of rotatable bonds is 3. The molecule has 0 spiro atoms. The Labute approximate surface area is 167 Å². The van der Waals surface area contributed by atoms with Crippen molar-refractivity contribution in [3.63, 3.8) is 0 Å². The lowest BCUT2D eigenvalue weighted by Crippen LogP contribution is -2.28. The molecule has 148 valence electrons. The quantitative estimate of drug-likeness (QED) is 0.558. The molecule has 2 N–H and O–H groups in total. The Bertz CT molecular complexity index is 1250. The number of H-pyrrole nitrogens is 1. The summed E-state index contributed by atoms with van der Waals surface area (Å²) in [6, 6.07) is 7.75. The number of piperidine rings is 1. The maximum Gasteiger partial charge on any atom is 0.263 e. The summed E-state index contributed by atoms with van der Waals surface area (Å²) in [5.41, 5.74) is 5.17. The number of nitrogens with one attached hydrogen (secondary N) is 2. The fourth-order valence-electron chi connectivity index (χ4n) is 4.08. The third-order valence-corrected chi connectivity index (χ3v) is 5.57. The van der Waals surface area contributed by atoms with Crippen molar-refractivity contribution in [3.05, 3.63) is 57.6 Å². The van der Waals surface area contributed by atoms with Crippen molar-refractivity contribution in [1.29, 1.82) is 0 Å². The summed E-state index contributed by atoms with van der Waals surface area (Å²) in [6.07, 6.45) is 3.63. The van der Waals surface area contributed by atoms with Gasteiger partial charge in [0.1, 0.15) is 11.2 Å². The number of benzene rings is 1. The lowest BCUT2D eigenvalue weighted by molar-refractivity contribution is 0.432. The number of aromatic amines is 1. The van der Waals surface area contributed by atoms with Gasteiger partial charge in [0.25, 0.3) is 11.4 Å². The van der Waals surface area contributed by atoms with Crippen molar-refractivity contribution in [2.45, 2.75) is 32.6 Å². The molecule has 3 aromatic heterocycles. The van der Waals surface area contributed by atoms with Crippen LogP contribution in [0, 0.1) is 13.8 Å². The SMILES string of the molecule is Cc1ccc(-c2noc(-c3cnn4c(C5CCNCC5)cc(=O)[nH]c34)n2)c(C)c1. The number of aryl methyl sites for hydroxylation is 2. The molecule has 0 aliphatic carbocycles. The molecule has 0 unspecified atom stereocenters. The first-order valence-corrected chi connectivity index (χ1v) is 9.83. The van der Waals surface area contributed by atoms with Gasteiger partial charge in [-0.3, -0.25) is 4.79 Å². The summed E-state index contributed by atoms with van der Waals surface area (Å²) in [7, 11) is 0. The first-order chi connectivity index (χ1) is 14.1. The van der Waals surface area contributed by atoms with Gasteiger partial charge in [0, 0.05) is 17.5 Å². The lowest BCUT2D eigenvalue weighted by atomic mass is 9.94. The van der Waals surface area contributed by atoms with E-state index >= 15 is 0 Å².